The van der Waals surface area contributed by atoms with E-state index in [-0.39, 0.29) is 11.5 Å². The van der Waals surface area contributed by atoms with Gasteiger partial charge in [0.2, 0.25) is 5.91 Å². The zero-order valence-corrected chi connectivity index (χ0v) is 11.2. The zero-order valence-electron chi connectivity index (χ0n) is 11.2. The van der Waals surface area contributed by atoms with Crippen LogP contribution in [0.15, 0.2) is 23.3 Å². The number of amides is 1. The number of hydrogen-bond donors (Lipinski definition) is 4. The summed E-state index contributed by atoms with van der Waals surface area (Å²) in [5, 5.41) is 6.24. The number of nitrogen functional groups attached to an aromatic ring is 1. The predicted molar refractivity (Wildman–Crippen MR) is 78.6 cm³/mol. The highest BCUT2D eigenvalue weighted by Gasteiger charge is 2.06. The van der Waals surface area contributed by atoms with E-state index in [1.54, 1.807) is 12.1 Å². The Kier molecular flexibility index (Phi) is 4.19. The third-order valence-electron chi connectivity index (χ3n) is 2.85. The van der Waals surface area contributed by atoms with Crippen molar-refractivity contribution in [2.45, 2.75) is 13.3 Å². The van der Waals surface area contributed by atoms with E-state index in [0.717, 1.165) is 0 Å². The first kappa shape index (κ1) is 13.9. The van der Waals surface area contributed by atoms with Gasteiger partial charge in [-0.25, -0.2) is 4.98 Å². The SMILES string of the molecule is CCNC(=O)CCNc1cc2nc[nH]c(=O)c2cc1N. The van der Waals surface area contributed by atoms with Crippen LogP contribution in [-0.4, -0.2) is 29.0 Å². The molecule has 106 valence electrons. The second-order valence-electron chi connectivity index (χ2n) is 4.32. The number of carbonyl (C=O) groups excluding carboxylic acids is 1. The molecule has 1 aromatic carbocycles. The van der Waals surface area contributed by atoms with Crippen LogP contribution < -0.4 is 21.9 Å². The third-order valence-corrected chi connectivity index (χ3v) is 2.85. The zero-order chi connectivity index (χ0) is 14.5. The van der Waals surface area contributed by atoms with Gasteiger partial charge in [-0.3, -0.25) is 9.59 Å². The van der Waals surface area contributed by atoms with Crippen LogP contribution in [0.5, 0.6) is 0 Å². The lowest BCUT2D eigenvalue weighted by molar-refractivity contribution is -0.120. The van der Waals surface area contributed by atoms with Crippen LogP contribution in [0.4, 0.5) is 11.4 Å². The van der Waals surface area contributed by atoms with Gasteiger partial charge in [0.1, 0.15) is 0 Å². The molecule has 0 saturated heterocycles. The minimum absolute atomic E-state index is 0.0195. The summed E-state index contributed by atoms with van der Waals surface area (Å²) >= 11 is 0. The van der Waals surface area contributed by atoms with Gasteiger partial charge in [0.05, 0.1) is 28.6 Å². The van der Waals surface area contributed by atoms with Crippen molar-refractivity contribution in [3.63, 3.8) is 0 Å². The molecule has 0 aliphatic rings. The summed E-state index contributed by atoms with van der Waals surface area (Å²) in [4.78, 5) is 29.5. The van der Waals surface area contributed by atoms with E-state index in [2.05, 4.69) is 20.6 Å². The average Bonchev–Trinajstić information content (AvgIpc) is 2.41. The summed E-state index contributed by atoms with van der Waals surface area (Å²) in [5.74, 6) is -0.0195. The van der Waals surface area contributed by atoms with Gasteiger partial charge in [0.25, 0.3) is 5.56 Å². The van der Waals surface area contributed by atoms with E-state index < -0.39 is 0 Å². The Morgan fingerprint density at radius 2 is 2.25 bits per heavy atom. The maximum absolute atomic E-state index is 11.6. The normalized spacial score (nSPS) is 10.4. The fourth-order valence-electron chi connectivity index (χ4n) is 1.88. The summed E-state index contributed by atoms with van der Waals surface area (Å²) in [6.07, 6.45) is 1.70. The molecule has 1 heterocycles. The summed E-state index contributed by atoms with van der Waals surface area (Å²) < 4.78 is 0. The molecule has 20 heavy (non-hydrogen) atoms. The van der Waals surface area contributed by atoms with Crippen LogP contribution in [0.3, 0.4) is 0 Å². The fourth-order valence-corrected chi connectivity index (χ4v) is 1.88. The quantitative estimate of drug-likeness (QED) is 0.591. The lowest BCUT2D eigenvalue weighted by Crippen LogP contribution is -2.24. The number of nitrogens with two attached hydrogens (primary N) is 1. The first-order valence-electron chi connectivity index (χ1n) is 6.39. The molecule has 0 spiro atoms. The number of nitrogens with zero attached hydrogens (tertiary/aromatic N) is 1. The Labute approximate surface area is 115 Å². The Bertz CT molecular complexity index is 680. The molecule has 0 fully saturated rings. The second-order valence-corrected chi connectivity index (χ2v) is 4.32. The number of aromatic nitrogens is 2. The van der Waals surface area contributed by atoms with Gasteiger partial charge in [0, 0.05) is 19.5 Å². The Balaban J connectivity index is 2.13. The van der Waals surface area contributed by atoms with Crippen molar-refractivity contribution in [2.75, 3.05) is 24.1 Å². The van der Waals surface area contributed by atoms with Crippen molar-refractivity contribution in [3.8, 4) is 0 Å². The largest absolute Gasteiger partial charge is 0.397 e. The van der Waals surface area contributed by atoms with Crippen LogP contribution in [0.2, 0.25) is 0 Å². The van der Waals surface area contributed by atoms with Gasteiger partial charge >= 0.3 is 0 Å². The molecule has 5 N–H and O–H groups in total. The van der Waals surface area contributed by atoms with E-state index >= 15 is 0 Å². The van der Waals surface area contributed by atoms with Crippen molar-refractivity contribution in [2.24, 2.45) is 0 Å². The molecule has 1 amide bonds. The summed E-state index contributed by atoms with van der Waals surface area (Å²) in [7, 11) is 0. The van der Waals surface area contributed by atoms with Gasteiger partial charge in [-0.15, -0.1) is 0 Å². The highest BCUT2D eigenvalue weighted by Crippen LogP contribution is 2.22. The molecule has 2 rings (SSSR count). The molecule has 0 saturated carbocycles. The van der Waals surface area contributed by atoms with Crippen molar-refractivity contribution in [1.82, 2.24) is 15.3 Å². The summed E-state index contributed by atoms with van der Waals surface area (Å²) in [6, 6.07) is 3.28. The predicted octanol–water partition coefficient (Wildman–Crippen LogP) is 0.443. The molecule has 2 aromatic rings. The smallest absolute Gasteiger partial charge is 0.258 e. The first-order chi connectivity index (χ1) is 9.61. The molecular weight excluding hydrogens is 258 g/mol. The van der Waals surface area contributed by atoms with E-state index in [1.165, 1.54) is 6.33 Å². The lowest BCUT2D eigenvalue weighted by Gasteiger charge is -2.10. The average molecular weight is 275 g/mol. The van der Waals surface area contributed by atoms with Crippen LogP contribution in [0.25, 0.3) is 10.9 Å². The summed E-state index contributed by atoms with van der Waals surface area (Å²) in [5.41, 5.74) is 7.34. The number of hydrogen-bond acceptors (Lipinski definition) is 5. The molecule has 0 bridgehead atoms. The molecular formula is C13H17N5O2. The summed E-state index contributed by atoms with van der Waals surface area (Å²) in [6.45, 7) is 2.95. The molecule has 0 unspecified atom stereocenters. The van der Waals surface area contributed by atoms with Gasteiger partial charge in [0.15, 0.2) is 0 Å². The molecule has 1 aromatic heterocycles. The number of rotatable bonds is 5. The number of nitrogens with one attached hydrogen (secondary N) is 3. The highest BCUT2D eigenvalue weighted by molar-refractivity contribution is 5.88. The lowest BCUT2D eigenvalue weighted by atomic mass is 10.2. The first-order valence-corrected chi connectivity index (χ1v) is 6.39. The Morgan fingerprint density at radius 1 is 1.45 bits per heavy atom. The number of carbonyl (C=O) groups is 1. The van der Waals surface area contributed by atoms with Crippen LogP contribution in [0.1, 0.15) is 13.3 Å². The van der Waals surface area contributed by atoms with Crippen LogP contribution >= 0.6 is 0 Å². The van der Waals surface area contributed by atoms with Crippen molar-refractivity contribution < 1.29 is 4.79 Å². The Morgan fingerprint density at radius 3 is 3.00 bits per heavy atom. The van der Waals surface area contributed by atoms with Crippen molar-refractivity contribution in [3.05, 3.63) is 28.8 Å². The fraction of sp³-hybridized carbons (Fsp3) is 0.308. The maximum atomic E-state index is 11.6. The van der Waals surface area contributed by atoms with E-state index in [4.69, 9.17) is 5.73 Å². The number of aromatic amines is 1. The number of anilines is 2. The van der Waals surface area contributed by atoms with Crippen molar-refractivity contribution >= 4 is 28.2 Å². The van der Waals surface area contributed by atoms with Gasteiger partial charge in [-0.2, -0.15) is 0 Å². The molecule has 0 aliphatic carbocycles. The standard InChI is InChI=1S/C13H17N5O2/c1-2-15-12(19)3-4-16-11-6-10-8(5-9(11)14)13(20)18-7-17-10/h5-7,16H,2-4,14H2,1H3,(H,15,19)(H,17,18,20). The highest BCUT2D eigenvalue weighted by atomic mass is 16.1. The van der Waals surface area contributed by atoms with Crippen molar-refractivity contribution in [1.29, 1.82) is 0 Å². The minimum atomic E-state index is -0.226. The van der Waals surface area contributed by atoms with E-state index in [1.807, 2.05) is 6.92 Å². The number of benzene rings is 1. The van der Waals surface area contributed by atoms with E-state index in [9.17, 15) is 9.59 Å². The topological polar surface area (TPSA) is 113 Å². The van der Waals surface area contributed by atoms with E-state index in [0.29, 0.717) is 41.8 Å². The maximum Gasteiger partial charge on any atom is 0.258 e. The monoisotopic (exact) mass is 275 g/mol. The molecule has 7 heteroatoms. The van der Waals surface area contributed by atoms with Gasteiger partial charge in [-0.05, 0) is 19.1 Å². The van der Waals surface area contributed by atoms with Crippen LogP contribution in [0, 0.1) is 0 Å². The minimum Gasteiger partial charge on any atom is -0.397 e. The Hall–Kier alpha value is -2.57. The van der Waals surface area contributed by atoms with Gasteiger partial charge < -0.3 is 21.4 Å². The second kappa shape index (κ2) is 6.05. The number of fused-ring (bicyclic) bond motifs is 1. The molecule has 7 nitrogen and oxygen atoms in total. The van der Waals surface area contributed by atoms with Gasteiger partial charge in [-0.1, -0.05) is 0 Å². The molecule has 0 atom stereocenters. The number of H-pyrrole nitrogens is 1. The van der Waals surface area contributed by atoms with Crippen LogP contribution in [-0.2, 0) is 4.79 Å². The molecule has 0 radical (unpaired) electrons. The molecule has 0 aliphatic heterocycles. The third kappa shape index (κ3) is 3.05.